The molecular formula is C17H21NO4. The zero-order valence-electron chi connectivity index (χ0n) is 13.0. The van der Waals surface area contributed by atoms with Gasteiger partial charge in [-0.3, -0.25) is 4.79 Å². The molecule has 118 valence electrons. The van der Waals surface area contributed by atoms with Crippen LogP contribution in [0.15, 0.2) is 46.9 Å². The van der Waals surface area contributed by atoms with Crippen molar-refractivity contribution in [2.75, 3.05) is 13.7 Å². The number of hydrogen-bond donors (Lipinski definition) is 2. The van der Waals surface area contributed by atoms with Crippen molar-refractivity contribution >= 4 is 5.91 Å². The average Bonchev–Trinajstić information content (AvgIpc) is 2.95. The van der Waals surface area contributed by atoms with Crippen molar-refractivity contribution in [1.82, 2.24) is 5.32 Å². The standard InChI is InChI=1S/C17H21NO4/c1-12-9-10-14(22-12)17(2,20)11-18-16(19)15(21-3)13-7-5-4-6-8-13/h4-10,15,20H,11H2,1-3H3,(H,18,19). The van der Waals surface area contributed by atoms with Gasteiger partial charge in [0.25, 0.3) is 5.91 Å². The Labute approximate surface area is 129 Å². The Morgan fingerprint density at radius 1 is 1.32 bits per heavy atom. The van der Waals surface area contributed by atoms with Crippen LogP contribution in [0.25, 0.3) is 0 Å². The zero-order valence-corrected chi connectivity index (χ0v) is 13.0. The molecular weight excluding hydrogens is 282 g/mol. The topological polar surface area (TPSA) is 71.7 Å². The molecule has 0 fully saturated rings. The predicted molar refractivity (Wildman–Crippen MR) is 82.2 cm³/mol. The Kier molecular flexibility index (Phi) is 5.00. The molecule has 1 aromatic carbocycles. The highest BCUT2D eigenvalue weighted by atomic mass is 16.5. The van der Waals surface area contributed by atoms with Crippen LogP contribution in [0, 0.1) is 6.92 Å². The Balaban J connectivity index is 2.02. The Hall–Kier alpha value is -2.11. The number of furan rings is 1. The summed E-state index contributed by atoms with van der Waals surface area (Å²) in [5.74, 6) is 0.817. The second kappa shape index (κ2) is 6.77. The van der Waals surface area contributed by atoms with Crippen molar-refractivity contribution in [2.24, 2.45) is 0 Å². The first-order chi connectivity index (χ1) is 10.4. The summed E-state index contributed by atoms with van der Waals surface area (Å²) < 4.78 is 10.7. The maximum Gasteiger partial charge on any atom is 0.253 e. The SMILES string of the molecule is COC(C(=O)NCC(C)(O)c1ccc(C)o1)c1ccccc1. The van der Waals surface area contributed by atoms with Crippen LogP contribution in [0.4, 0.5) is 0 Å². The molecule has 2 aromatic rings. The van der Waals surface area contributed by atoms with Gasteiger partial charge in [-0.05, 0) is 31.5 Å². The number of amides is 1. The van der Waals surface area contributed by atoms with E-state index in [4.69, 9.17) is 9.15 Å². The number of nitrogens with one attached hydrogen (secondary N) is 1. The minimum atomic E-state index is -1.28. The minimum Gasteiger partial charge on any atom is -0.463 e. The fourth-order valence-electron chi connectivity index (χ4n) is 2.19. The molecule has 2 N–H and O–H groups in total. The maximum atomic E-state index is 12.3. The van der Waals surface area contributed by atoms with Gasteiger partial charge in [0.15, 0.2) is 6.10 Å². The summed E-state index contributed by atoms with van der Waals surface area (Å²) in [6.07, 6.45) is -0.713. The van der Waals surface area contributed by atoms with Crippen LogP contribution in [0.1, 0.15) is 30.1 Å². The van der Waals surface area contributed by atoms with E-state index in [0.717, 1.165) is 5.56 Å². The number of benzene rings is 1. The summed E-state index contributed by atoms with van der Waals surface area (Å²) in [7, 11) is 1.48. The second-order valence-electron chi connectivity index (χ2n) is 5.43. The van der Waals surface area contributed by atoms with Gasteiger partial charge in [-0.2, -0.15) is 0 Å². The molecule has 0 bridgehead atoms. The third-order valence-electron chi connectivity index (χ3n) is 3.45. The van der Waals surface area contributed by atoms with Crippen LogP contribution in [-0.2, 0) is 15.1 Å². The number of aliphatic hydroxyl groups is 1. The molecule has 2 atom stereocenters. The van der Waals surface area contributed by atoms with Gasteiger partial charge in [0.1, 0.15) is 17.1 Å². The summed E-state index contributed by atoms with van der Waals surface area (Å²) in [6, 6.07) is 12.7. The number of hydrogen-bond acceptors (Lipinski definition) is 4. The van der Waals surface area contributed by atoms with Crippen LogP contribution in [0.5, 0.6) is 0 Å². The van der Waals surface area contributed by atoms with Crippen molar-refractivity contribution in [3.8, 4) is 0 Å². The molecule has 0 saturated heterocycles. The number of carbonyl (C=O) groups excluding carboxylic acids is 1. The van der Waals surface area contributed by atoms with E-state index in [0.29, 0.717) is 11.5 Å². The smallest absolute Gasteiger partial charge is 0.253 e. The molecule has 0 spiro atoms. The summed E-state index contributed by atoms with van der Waals surface area (Å²) in [4.78, 5) is 12.3. The maximum absolute atomic E-state index is 12.3. The van der Waals surface area contributed by atoms with Gasteiger partial charge in [-0.15, -0.1) is 0 Å². The van der Waals surface area contributed by atoms with Gasteiger partial charge in [-0.25, -0.2) is 0 Å². The molecule has 2 rings (SSSR count). The molecule has 2 unspecified atom stereocenters. The first-order valence-electron chi connectivity index (χ1n) is 7.09. The van der Waals surface area contributed by atoms with E-state index >= 15 is 0 Å². The van der Waals surface area contributed by atoms with Crippen molar-refractivity contribution in [3.05, 3.63) is 59.5 Å². The lowest BCUT2D eigenvalue weighted by molar-refractivity contribution is -0.132. The zero-order chi connectivity index (χ0) is 16.2. The van der Waals surface area contributed by atoms with E-state index in [-0.39, 0.29) is 12.5 Å². The number of rotatable bonds is 6. The molecule has 5 nitrogen and oxygen atoms in total. The summed E-state index contributed by atoms with van der Waals surface area (Å²) in [5, 5.41) is 13.1. The van der Waals surface area contributed by atoms with Crippen LogP contribution in [0.2, 0.25) is 0 Å². The van der Waals surface area contributed by atoms with E-state index < -0.39 is 11.7 Å². The molecule has 0 saturated carbocycles. The van der Waals surface area contributed by atoms with Gasteiger partial charge in [0, 0.05) is 7.11 Å². The molecule has 22 heavy (non-hydrogen) atoms. The average molecular weight is 303 g/mol. The molecule has 0 aliphatic rings. The largest absolute Gasteiger partial charge is 0.463 e. The van der Waals surface area contributed by atoms with Crippen LogP contribution in [-0.4, -0.2) is 24.7 Å². The summed E-state index contributed by atoms with van der Waals surface area (Å²) >= 11 is 0. The van der Waals surface area contributed by atoms with E-state index in [1.165, 1.54) is 7.11 Å². The Morgan fingerprint density at radius 2 is 2.00 bits per heavy atom. The predicted octanol–water partition coefficient (Wildman–Crippen LogP) is 2.30. The molecule has 5 heteroatoms. The first-order valence-corrected chi connectivity index (χ1v) is 7.09. The van der Waals surface area contributed by atoms with Gasteiger partial charge < -0.3 is 19.6 Å². The van der Waals surface area contributed by atoms with Crippen molar-refractivity contribution in [2.45, 2.75) is 25.6 Å². The van der Waals surface area contributed by atoms with Crippen LogP contribution in [0.3, 0.4) is 0 Å². The third-order valence-corrected chi connectivity index (χ3v) is 3.45. The number of aryl methyl sites for hydroxylation is 1. The Bertz CT molecular complexity index is 619. The molecule has 0 aliphatic heterocycles. The normalized spacial score (nSPS) is 15.1. The fraction of sp³-hybridized carbons (Fsp3) is 0.353. The monoisotopic (exact) mass is 303 g/mol. The van der Waals surface area contributed by atoms with Crippen molar-refractivity contribution in [1.29, 1.82) is 0 Å². The van der Waals surface area contributed by atoms with E-state index in [2.05, 4.69) is 5.32 Å². The number of methoxy groups -OCH3 is 1. The lowest BCUT2D eigenvalue weighted by atomic mass is 10.0. The second-order valence-corrected chi connectivity index (χ2v) is 5.43. The van der Waals surface area contributed by atoms with Crippen LogP contribution >= 0.6 is 0 Å². The van der Waals surface area contributed by atoms with Gasteiger partial charge in [0.2, 0.25) is 0 Å². The highest BCUT2D eigenvalue weighted by Crippen LogP contribution is 2.23. The van der Waals surface area contributed by atoms with E-state index in [1.54, 1.807) is 26.0 Å². The summed E-state index contributed by atoms with van der Waals surface area (Å²) in [6.45, 7) is 3.43. The van der Waals surface area contributed by atoms with Crippen molar-refractivity contribution in [3.63, 3.8) is 0 Å². The third kappa shape index (κ3) is 3.75. The molecule has 0 aliphatic carbocycles. The number of ether oxygens (including phenoxy) is 1. The summed E-state index contributed by atoms with van der Waals surface area (Å²) in [5.41, 5.74) is -0.519. The molecule has 0 radical (unpaired) electrons. The lowest BCUT2D eigenvalue weighted by Gasteiger charge is -2.23. The fourth-order valence-corrected chi connectivity index (χ4v) is 2.19. The van der Waals surface area contributed by atoms with Gasteiger partial charge >= 0.3 is 0 Å². The van der Waals surface area contributed by atoms with Crippen molar-refractivity contribution < 1.29 is 19.1 Å². The van der Waals surface area contributed by atoms with Gasteiger partial charge in [-0.1, -0.05) is 30.3 Å². The first kappa shape index (κ1) is 16.3. The Morgan fingerprint density at radius 3 is 2.55 bits per heavy atom. The van der Waals surface area contributed by atoms with E-state index in [9.17, 15) is 9.90 Å². The minimum absolute atomic E-state index is 0.0332. The number of carbonyl (C=O) groups is 1. The highest BCUT2D eigenvalue weighted by molar-refractivity contribution is 5.82. The van der Waals surface area contributed by atoms with Crippen LogP contribution < -0.4 is 5.32 Å². The molecule has 1 aromatic heterocycles. The van der Waals surface area contributed by atoms with Gasteiger partial charge in [0.05, 0.1) is 6.54 Å². The lowest BCUT2D eigenvalue weighted by Crippen LogP contribution is -2.40. The highest BCUT2D eigenvalue weighted by Gasteiger charge is 2.29. The molecule has 1 amide bonds. The van der Waals surface area contributed by atoms with E-state index in [1.807, 2.05) is 30.3 Å². The molecule has 1 heterocycles. The quantitative estimate of drug-likeness (QED) is 0.859.